The van der Waals surface area contributed by atoms with Gasteiger partial charge in [0.2, 0.25) is 5.91 Å². The molecule has 1 aliphatic carbocycles. The highest BCUT2D eigenvalue weighted by Gasteiger charge is 2.30. The number of benzene rings is 1. The number of nitrogens with two attached hydrogens (primary N) is 1. The number of aromatic nitrogens is 1. The lowest BCUT2D eigenvalue weighted by Gasteiger charge is -2.07. The number of carbonyl (C=O) groups excluding carboxylic acids is 2. The molecule has 1 aliphatic heterocycles. The maximum atomic E-state index is 12.1. The Labute approximate surface area is 135 Å². The Morgan fingerprint density at radius 1 is 1.43 bits per heavy atom. The van der Waals surface area contributed by atoms with Crippen LogP contribution < -0.4 is 11.1 Å². The van der Waals surface area contributed by atoms with Crippen LogP contribution in [0.2, 0.25) is 0 Å². The molecule has 0 bridgehead atoms. The summed E-state index contributed by atoms with van der Waals surface area (Å²) in [6.07, 6.45) is 2.28. The Morgan fingerprint density at radius 2 is 2.26 bits per heavy atom. The zero-order chi connectivity index (χ0) is 16.0. The maximum Gasteiger partial charge on any atom is 0.262 e. The van der Waals surface area contributed by atoms with E-state index in [1.807, 2.05) is 6.07 Å². The molecule has 4 rings (SSSR count). The third-order valence-corrected chi connectivity index (χ3v) is 4.73. The summed E-state index contributed by atoms with van der Waals surface area (Å²) < 4.78 is 5.72. The van der Waals surface area contributed by atoms with Crippen LogP contribution in [0.4, 0.5) is 5.69 Å². The molecule has 118 valence electrons. The molecule has 2 aromatic rings. The average molecular weight is 330 g/mol. The van der Waals surface area contributed by atoms with E-state index in [2.05, 4.69) is 15.3 Å². The number of amides is 2. The van der Waals surface area contributed by atoms with Crippen molar-refractivity contribution in [3.63, 3.8) is 0 Å². The summed E-state index contributed by atoms with van der Waals surface area (Å²) >= 11 is 1.12. The molecule has 3 N–H and O–H groups in total. The monoisotopic (exact) mass is 330 g/mol. The molecule has 0 radical (unpaired) electrons. The molecule has 23 heavy (non-hydrogen) atoms. The van der Waals surface area contributed by atoms with Crippen LogP contribution in [-0.2, 0) is 9.59 Å². The van der Waals surface area contributed by atoms with Crippen LogP contribution in [0.15, 0.2) is 27.6 Å². The van der Waals surface area contributed by atoms with E-state index in [-0.39, 0.29) is 23.4 Å². The van der Waals surface area contributed by atoms with Crippen LogP contribution in [-0.4, -0.2) is 27.2 Å². The lowest BCUT2D eigenvalue weighted by atomic mass is 10.2. The zero-order valence-corrected chi connectivity index (χ0v) is 12.9. The van der Waals surface area contributed by atoms with Crippen molar-refractivity contribution >= 4 is 45.5 Å². The van der Waals surface area contributed by atoms with E-state index >= 15 is 0 Å². The van der Waals surface area contributed by atoms with Crippen LogP contribution in [0.1, 0.15) is 31.1 Å². The third kappa shape index (κ3) is 2.94. The largest absolute Gasteiger partial charge is 0.440 e. The second-order valence-corrected chi connectivity index (χ2v) is 6.88. The van der Waals surface area contributed by atoms with Gasteiger partial charge in [-0.25, -0.2) is 4.98 Å². The van der Waals surface area contributed by atoms with Gasteiger partial charge in [0.1, 0.15) is 10.8 Å². The number of amidine groups is 1. The molecule has 1 aromatic carbocycles. The Bertz CT molecular complexity index is 840. The van der Waals surface area contributed by atoms with Crippen LogP contribution in [0, 0.1) is 0 Å². The fourth-order valence-corrected chi connectivity index (χ4v) is 3.26. The summed E-state index contributed by atoms with van der Waals surface area (Å²) in [5, 5.41) is 2.44. The standard InChI is InChI=1S/C15H14N4O3S/c16-15-19-13(21)11(23-15)6-12(20)17-8-3-4-9-10(5-8)22-14(18-9)7-1-2-7/h3-5,7,11H,1-2,6H2,(H,17,20)(H2,16,19,21). The van der Waals surface area contributed by atoms with Gasteiger partial charge in [-0.05, 0) is 25.0 Å². The number of thioether (sulfide) groups is 1. The van der Waals surface area contributed by atoms with Crippen LogP contribution in [0.3, 0.4) is 0 Å². The van der Waals surface area contributed by atoms with Crippen molar-refractivity contribution in [2.45, 2.75) is 30.4 Å². The normalized spacial score (nSPS) is 20.8. The molecule has 0 saturated heterocycles. The first-order chi connectivity index (χ1) is 11.1. The Hall–Kier alpha value is -2.35. The van der Waals surface area contributed by atoms with Crippen molar-refractivity contribution in [3.8, 4) is 0 Å². The molecule has 7 nitrogen and oxygen atoms in total. The van der Waals surface area contributed by atoms with Gasteiger partial charge in [0, 0.05) is 24.1 Å². The summed E-state index contributed by atoms with van der Waals surface area (Å²) in [4.78, 5) is 31.6. The minimum Gasteiger partial charge on any atom is -0.440 e. The minimum atomic E-state index is -0.537. The highest BCUT2D eigenvalue weighted by atomic mass is 32.2. The van der Waals surface area contributed by atoms with Crippen molar-refractivity contribution in [1.29, 1.82) is 0 Å². The van der Waals surface area contributed by atoms with Crippen molar-refractivity contribution in [2.75, 3.05) is 5.32 Å². The second-order valence-electron chi connectivity index (χ2n) is 5.66. The molecular weight excluding hydrogens is 316 g/mol. The third-order valence-electron chi connectivity index (χ3n) is 3.74. The van der Waals surface area contributed by atoms with Crippen LogP contribution in [0.25, 0.3) is 11.1 Å². The van der Waals surface area contributed by atoms with Gasteiger partial charge in [-0.1, -0.05) is 11.8 Å². The predicted molar refractivity (Wildman–Crippen MR) is 87.2 cm³/mol. The van der Waals surface area contributed by atoms with E-state index < -0.39 is 5.25 Å². The van der Waals surface area contributed by atoms with E-state index in [4.69, 9.17) is 10.2 Å². The lowest BCUT2D eigenvalue weighted by Crippen LogP contribution is -2.21. The smallest absolute Gasteiger partial charge is 0.262 e. The van der Waals surface area contributed by atoms with E-state index in [1.54, 1.807) is 12.1 Å². The number of oxazole rings is 1. The number of fused-ring (bicyclic) bond motifs is 1. The summed E-state index contributed by atoms with van der Waals surface area (Å²) in [6, 6.07) is 5.34. The molecule has 1 atom stereocenters. The van der Waals surface area contributed by atoms with Gasteiger partial charge in [0.15, 0.2) is 16.6 Å². The Kier molecular flexibility index (Phi) is 3.33. The first-order valence-electron chi connectivity index (χ1n) is 7.33. The number of hydrogen-bond acceptors (Lipinski definition) is 6. The van der Waals surface area contributed by atoms with Gasteiger partial charge >= 0.3 is 0 Å². The first kappa shape index (κ1) is 14.3. The number of carbonyl (C=O) groups is 2. The maximum absolute atomic E-state index is 12.1. The Morgan fingerprint density at radius 3 is 2.96 bits per heavy atom. The van der Waals surface area contributed by atoms with Gasteiger partial charge in [0.05, 0.1) is 0 Å². The molecule has 2 aliphatic rings. The first-order valence-corrected chi connectivity index (χ1v) is 8.21. The van der Waals surface area contributed by atoms with Crippen molar-refractivity contribution in [1.82, 2.24) is 4.98 Å². The summed E-state index contributed by atoms with van der Waals surface area (Å²) in [5.41, 5.74) is 7.54. The predicted octanol–water partition coefficient (Wildman–Crippen LogP) is 1.99. The van der Waals surface area contributed by atoms with Crippen LogP contribution >= 0.6 is 11.8 Å². The van der Waals surface area contributed by atoms with Gasteiger partial charge < -0.3 is 15.5 Å². The van der Waals surface area contributed by atoms with Crippen molar-refractivity contribution < 1.29 is 14.0 Å². The molecule has 0 spiro atoms. The minimum absolute atomic E-state index is 0.0372. The molecule has 2 heterocycles. The molecule has 1 saturated carbocycles. The average Bonchev–Trinajstić information content (AvgIpc) is 3.18. The molecule has 1 aromatic heterocycles. The summed E-state index contributed by atoms with van der Waals surface area (Å²) in [7, 11) is 0. The fraction of sp³-hybridized carbons (Fsp3) is 0.333. The summed E-state index contributed by atoms with van der Waals surface area (Å²) in [5.74, 6) is 0.588. The quantitative estimate of drug-likeness (QED) is 0.887. The number of hydrogen-bond donors (Lipinski definition) is 2. The molecule has 8 heteroatoms. The second kappa shape index (κ2) is 5.38. The van der Waals surface area contributed by atoms with E-state index in [1.165, 1.54) is 0 Å². The molecule has 1 fully saturated rings. The number of anilines is 1. The number of nitrogens with one attached hydrogen (secondary N) is 1. The van der Waals surface area contributed by atoms with Crippen molar-refractivity contribution in [2.24, 2.45) is 10.7 Å². The van der Waals surface area contributed by atoms with Crippen LogP contribution in [0.5, 0.6) is 0 Å². The zero-order valence-electron chi connectivity index (χ0n) is 12.1. The lowest BCUT2D eigenvalue weighted by molar-refractivity contribution is -0.121. The van der Waals surface area contributed by atoms with Crippen molar-refractivity contribution in [3.05, 3.63) is 24.1 Å². The van der Waals surface area contributed by atoms with Gasteiger partial charge in [-0.3, -0.25) is 9.59 Å². The number of nitrogens with zero attached hydrogens (tertiary/aromatic N) is 2. The van der Waals surface area contributed by atoms with E-state index in [0.29, 0.717) is 17.2 Å². The fourth-order valence-electron chi connectivity index (χ4n) is 2.44. The van der Waals surface area contributed by atoms with E-state index in [9.17, 15) is 9.59 Å². The molecular formula is C15H14N4O3S. The number of aliphatic imine (C=N–C) groups is 1. The Balaban J connectivity index is 1.44. The molecule has 2 amide bonds. The SMILES string of the molecule is NC1=NC(=O)C(CC(=O)Nc2ccc3nc(C4CC4)oc3c2)S1. The van der Waals surface area contributed by atoms with Gasteiger partial charge in [-0.15, -0.1) is 0 Å². The van der Waals surface area contributed by atoms with Gasteiger partial charge in [-0.2, -0.15) is 4.99 Å². The highest BCUT2D eigenvalue weighted by Crippen LogP contribution is 2.40. The number of rotatable bonds is 4. The van der Waals surface area contributed by atoms with Gasteiger partial charge in [0.25, 0.3) is 5.91 Å². The summed E-state index contributed by atoms with van der Waals surface area (Å²) in [6.45, 7) is 0. The molecule has 1 unspecified atom stereocenters. The highest BCUT2D eigenvalue weighted by molar-refractivity contribution is 8.15. The topological polar surface area (TPSA) is 111 Å². The van der Waals surface area contributed by atoms with E-state index in [0.717, 1.165) is 36.0 Å².